The van der Waals surface area contributed by atoms with Crippen molar-refractivity contribution >= 4 is 21.6 Å². The van der Waals surface area contributed by atoms with Crippen LogP contribution >= 0.6 is 0 Å². The third kappa shape index (κ3) is 5.71. The second-order valence-electron chi connectivity index (χ2n) is 8.04. The summed E-state index contributed by atoms with van der Waals surface area (Å²) >= 11 is 0. The first-order chi connectivity index (χ1) is 15.8. The number of nitrogens with zero attached hydrogens (tertiary/aromatic N) is 2. The summed E-state index contributed by atoms with van der Waals surface area (Å²) in [5.74, 6) is 1.51. The quantitative estimate of drug-likeness (QED) is 0.550. The zero-order chi connectivity index (χ0) is 24.0. The number of likely N-dealkylation sites (tertiary alicyclic amines) is 1. The smallest absolute Gasteiger partial charge is 0.264 e. The first-order valence-corrected chi connectivity index (χ1v) is 12.5. The topological polar surface area (TPSA) is 85.4 Å². The summed E-state index contributed by atoms with van der Waals surface area (Å²) in [6.07, 6.45) is 1.98. The first kappa shape index (κ1) is 24.7. The molecule has 9 heteroatoms. The van der Waals surface area contributed by atoms with Crippen molar-refractivity contribution in [3.8, 4) is 17.2 Å². The highest BCUT2D eigenvalue weighted by Gasteiger charge is 2.31. The molecule has 33 heavy (non-hydrogen) atoms. The minimum absolute atomic E-state index is 0.00819. The Morgan fingerprint density at radius 1 is 1.09 bits per heavy atom. The molecule has 0 aromatic heterocycles. The van der Waals surface area contributed by atoms with Crippen LogP contribution in [0.2, 0.25) is 0 Å². The lowest BCUT2D eigenvalue weighted by molar-refractivity contribution is -0.131. The van der Waals surface area contributed by atoms with Gasteiger partial charge in [0.15, 0.2) is 11.5 Å². The van der Waals surface area contributed by atoms with Crippen molar-refractivity contribution in [3.05, 3.63) is 42.5 Å². The number of hydrogen-bond donors (Lipinski definition) is 0. The molecule has 0 saturated carbocycles. The van der Waals surface area contributed by atoms with Gasteiger partial charge in [-0.15, -0.1) is 0 Å². The summed E-state index contributed by atoms with van der Waals surface area (Å²) in [7, 11) is -1.15. The van der Waals surface area contributed by atoms with Crippen LogP contribution in [-0.4, -0.2) is 59.7 Å². The van der Waals surface area contributed by atoms with E-state index in [1.54, 1.807) is 29.2 Å². The van der Waals surface area contributed by atoms with Gasteiger partial charge in [-0.2, -0.15) is 0 Å². The number of rotatable bonds is 9. The molecule has 0 unspecified atom stereocenters. The van der Waals surface area contributed by atoms with E-state index in [4.69, 9.17) is 14.2 Å². The lowest BCUT2D eigenvalue weighted by atomic mass is 10.0. The van der Waals surface area contributed by atoms with Crippen molar-refractivity contribution in [1.82, 2.24) is 4.90 Å². The third-order valence-electron chi connectivity index (χ3n) is 5.67. The predicted molar refractivity (Wildman–Crippen MR) is 127 cm³/mol. The molecule has 1 amide bonds. The molecule has 1 heterocycles. The molecule has 1 fully saturated rings. The highest BCUT2D eigenvalue weighted by atomic mass is 32.2. The van der Waals surface area contributed by atoms with Crippen LogP contribution in [0.1, 0.15) is 26.7 Å². The zero-order valence-corrected chi connectivity index (χ0v) is 20.4. The second-order valence-corrected chi connectivity index (χ2v) is 9.90. The standard InChI is InChI=1S/C24H32N2O6S/c1-5-32-20-10-8-19(9-11-20)26(17-24(27)25-14-6-7-18(2)16-25)33(28,29)21-12-13-22(30-3)23(15-21)31-4/h8-13,15,18H,5-7,14,16-17H2,1-4H3/t18-/m1/s1. The molecule has 1 atom stereocenters. The van der Waals surface area contributed by atoms with E-state index in [-0.39, 0.29) is 17.3 Å². The maximum atomic E-state index is 13.7. The molecule has 2 aromatic carbocycles. The van der Waals surface area contributed by atoms with Crippen LogP contribution in [0.25, 0.3) is 0 Å². The van der Waals surface area contributed by atoms with Gasteiger partial charge in [0.2, 0.25) is 5.91 Å². The maximum absolute atomic E-state index is 13.7. The zero-order valence-electron chi connectivity index (χ0n) is 19.6. The number of carbonyl (C=O) groups is 1. The molecule has 0 bridgehead atoms. The van der Waals surface area contributed by atoms with Gasteiger partial charge in [0.05, 0.1) is 31.4 Å². The fourth-order valence-corrected chi connectivity index (χ4v) is 5.36. The minimum atomic E-state index is -4.07. The Hall–Kier alpha value is -2.94. The van der Waals surface area contributed by atoms with Crippen molar-refractivity contribution in [1.29, 1.82) is 0 Å². The summed E-state index contributed by atoms with van der Waals surface area (Å²) in [5, 5.41) is 0. The van der Waals surface area contributed by atoms with Gasteiger partial charge in [0, 0.05) is 19.2 Å². The number of ether oxygens (including phenoxy) is 3. The van der Waals surface area contributed by atoms with Crippen LogP contribution in [0, 0.1) is 5.92 Å². The van der Waals surface area contributed by atoms with Gasteiger partial charge < -0.3 is 19.1 Å². The number of piperidine rings is 1. The molecule has 1 aliphatic heterocycles. The van der Waals surface area contributed by atoms with Gasteiger partial charge in [-0.1, -0.05) is 6.92 Å². The lowest BCUT2D eigenvalue weighted by Crippen LogP contribution is -2.46. The molecular weight excluding hydrogens is 444 g/mol. The van der Waals surface area contributed by atoms with Crippen LogP contribution < -0.4 is 18.5 Å². The van der Waals surface area contributed by atoms with Gasteiger partial charge >= 0.3 is 0 Å². The molecule has 8 nitrogen and oxygen atoms in total. The number of amides is 1. The van der Waals surface area contributed by atoms with Gasteiger partial charge in [0.1, 0.15) is 12.3 Å². The van der Waals surface area contributed by atoms with Gasteiger partial charge in [-0.3, -0.25) is 9.10 Å². The molecule has 0 aliphatic carbocycles. The van der Waals surface area contributed by atoms with E-state index in [0.717, 1.165) is 17.1 Å². The van der Waals surface area contributed by atoms with Gasteiger partial charge in [-0.05, 0) is 62.1 Å². The van der Waals surface area contributed by atoms with Crippen molar-refractivity contribution in [2.45, 2.75) is 31.6 Å². The van der Waals surface area contributed by atoms with E-state index in [9.17, 15) is 13.2 Å². The lowest BCUT2D eigenvalue weighted by Gasteiger charge is -2.33. The van der Waals surface area contributed by atoms with Crippen molar-refractivity contribution in [3.63, 3.8) is 0 Å². The monoisotopic (exact) mass is 476 g/mol. The Morgan fingerprint density at radius 3 is 2.39 bits per heavy atom. The van der Waals surface area contributed by atoms with Crippen LogP contribution in [0.5, 0.6) is 17.2 Å². The Labute approximate surface area is 196 Å². The Balaban J connectivity index is 1.99. The highest BCUT2D eigenvalue weighted by molar-refractivity contribution is 7.92. The highest BCUT2D eigenvalue weighted by Crippen LogP contribution is 2.33. The number of sulfonamides is 1. The fraction of sp³-hybridized carbons (Fsp3) is 0.458. The van der Waals surface area contributed by atoms with E-state index in [2.05, 4.69) is 6.92 Å². The first-order valence-electron chi connectivity index (χ1n) is 11.1. The number of anilines is 1. The molecule has 180 valence electrons. The Kier molecular flexibility index (Phi) is 8.07. The van der Waals surface area contributed by atoms with E-state index >= 15 is 0 Å². The largest absolute Gasteiger partial charge is 0.494 e. The molecule has 0 N–H and O–H groups in total. The number of methoxy groups -OCH3 is 2. The number of carbonyl (C=O) groups excluding carboxylic acids is 1. The van der Waals surface area contributed by atoms with Crippen LogP contribution in [0.4, 0.5) is 5.69 Å². The summed E-state index contributed by atoms with van der Waals surface area (Å²) in [6.45, 7) is 5.45. The Morgan fingerprint density at radius 2 is 1.79 bits per heavy atom. The van der Waals surface area contributed by atoms with Crippen LogP contribution in [-0.2, 0) is 14.8 Å². The summed E-state index contributed by atoms with van der Waals surface area (Å²) in [5.41, 5.74) is 0.381. The summed E-state index contributed by atoms with van der Waals surface area (Å²) < 4.78 is 44.6. The maximum Gasteiger partial charge on any atom is 0.264 e. The Bertz CT molecular complexity index is 1060. The van der Waals surface area contributed by atoms with E-state index < -0.39 is 10.0 Å². The van der Waals surface area contributed by atoms with E-state index in [1.165, 1.54) is 32.4 Å². The molecule has 2 aromatic rings. The van der Waals surface area contributed by atoms with Gasteiger partial charge in [0.25, 0.3) is 10.0 Å². The second kappa shape index (κ2) is 10.8. The molecule has 1 aliphatic rings. The van der Waals surface area contributed by atoms with Crippen LogP contribution in [0.15, 0.2) is 47.4 Å². The summed E-state index contributed by atoms with van der Waals surface area (Å²) in [4.78, 5) is 14.9. The van der Waals surface area contributed by atoms with E-state index in [1.807, 2.05) is 6.92 Å². The fourth-order valence-electron chi connectivity index (χ4n) is 3.93. The average molecular weight is 477 g/mol. The van der Waals surface area contributed by atoms with Gasteiger partial charge in [-0.25, -0.2) is 8.42 Å². The molecule has 0 radical (unpaired) electrons. The number of hydrogen-bond acceptors (Lipinski definition) is 6. The average Bonchev–Trinajstić information content (AvgIpc) is 2.82. The minimum Gasteiger partial charge on any atom is -0.494 e. The van der Waals surface area contributed by atoms with E-state index in [0.29, 0.717) is 48.6 Å². The third-order valence-corrected chi connectivity index (χ3v) is 7.44. The number of benzene rings is 2. The predicted octanol–water partition coefficient (Wildman–Crippen LogP) is 3.56. The van der Waals surface area contributed by atoms with Crippen molar-refractivity contribution in [2.75, 3.05) is 44.8 Å². The SMILES string of the molecule is CCOc1ccc(N(CC(=O)N2CCC[C@@H](C)C2)S(=O)(=O)c2ccc(OC)c(OC)c2)cc1. The van der Waals surface area contributed by atoms with Crippen molar-refractivity contribution < 1.29 is 27.4 Å². The summed E-state index contributed by atoms with van der Waals surface area (Å²) in [6, 6.07) is 11.1. The molecule has 1 saturated heterocycles. The molecular formula is C24H32N2O6S. The van der Waals surface area contributed by atoms with Crippen LogP contribution in [0.3, 0.4) is 0 Å². The molecule has 0 spiro atoms. The normalized spacial score (nSPS) is 16.2. The van der Waals surface area contributed by atoms with Crippen molar-refractivity contribution in [2.24, 2.45) is 5.92 Å². The molecule has 3 rings (SSSR count).